The SMILES string of the molecule is COC(=O)C1(C)OCC(CCCCON=C(C)c2ccc(C)cc2)CO1. The number of aryl methyl sites for hydroxylation is 1. The van der Waals surface area contributed by atoms with Gasteiger partial charge in [-0.05, 0) is 38.7 Å². The van der Waals surface area contributed by atoms with Crippen molar-refractivity contribution in [2.24, 2.45) is 11.1 Å². The molecule has 6 heteroatoms. The number of rotatable bonds is 8. The van der Waals surface area contributed by atoms with Gasteiger partial charge in [0.1, 0.15) is 6.61 Å². The lowest BCUT2D eigenvalue weighted by Gasteiger charge is -2.35. The topological polar surface area (TPSA) is 66.4 Å². The molecule has 1 aliphatic rings. The molecule has 0 atom stereocenters. The van der Waals surface area contributed by atoms with Gasteiger partial charge in [0, 0.05) is 12.8 Å². The molecule has 0 N–H and O–H groups in total. The van der Waals surface area contributed by atoms with E-state index in [1.807, 2.05) is 19.1 Å². The lowest BCUT2D eigenvalue weighted by Crippen LogP contribution is -2.48. The predicted molar refractivity (Wildman–Crippen MR) is 99.0 cm³/mol. The van der Waals surface area contributed by atoms with Crippen LogP contribution in [0.1, 0.15) is 44.2 Å². The fraction of sp³-hybridized carbons (Fsp3) is 0.600. The summed E-state index contributed by atoms with van der Waals surface area (Å²) < 4.78 is 15.8. The van der Waals surface area contributed by atoms with Crippen LogP contribution >= 0.6 is 0 Å². The van der Waals surface area contributed by atoms with E-state index < -0.39 is 11.8 Å². The van der Waals surface area contributed by atoms with E-state index in [1.165, 1.54) is 12.7 Å². The van der Waals surface area contributed by atoms with Gasteiger partial charge in [-0.3, -0.25) is 0 Å². The number of oxime groups is 1. The molecule has 0 radical (unpaired) electrons. The second-order valence-corrected chi connectivity index (χ2v) is 6.80. The first-order chi connectivity index (χ1) is 12.4. The molecule has 1 saturated heterocycles. The summed E-state index contributed by atoms with van der Waals surface area (Å²) in [5.74, 6) is -1.48. The fourth-order valence-electron chi connectivity index (χ4n) is 2.70. The second kappa shape index (κ2) is 9.69. The minimum Gasteiger partial charge on any atom is -0.465 e. The number of esters is 1. The standard InChI is InChI=1S/C20H29NO5/c1-15-8-10-18(11-9-15)16(2)21-26-12-6-5-7-17-13-24-20(3,25-14-17)19(22)23-4/h8-11,17H,5-7,12-14H2,1-4H3. The summed E-state index contributed by atoms with van der Waals surface area (Å²) in [5.41, 5.74) is 3.17. The monoisotopic (exact) mass is 363 g/mol. The van der Waals surface area contributed by atoms with Crippen molar-refractivity contribution >= 4 is 11.7 Å². The largest absolute Gasteiger partial charge is 0.465 e. The van der Waals surface area contributed by atoms with Crippen molar-refractivity contribution in [3.8, 4) is 0 Å². The molecule has 1 heterocycles. The van der Waals surface area contributed by atoms with Gasteiger partial charge in [-0.15, -0.1) is 0 Å². The van der Waals surface area contributed by atoms with Gasteiger partial charge in [0.2, 0.25) is 0 Å². The van der Waals surface area contributed by atoms with Crippen LogP contribution in [-0.2, 0) is 23.8 Å². The summed E-state index contributed by atoms with van der Waals surface area (Å²) in [4.78, 5) is 17.0. The van der Waals surface area contributed by atoms with E-state index in [2.05, 4.69) is 24.2 Å². The van der Waals surface area contributed by atoms with E-state index in [-0.39, 0.29) is 5.92 Å². The summed E-state index contributed by atoms with van der Waals surface area (Å²) in [5, 5.41) is 4.17. The minimum atomic E-state index is -1.27. The number of hydrogen-bond acceptors (Lipinski definition) is 6. The van der Waals surface area contributed by atoms with E-state index in [4.69, 9.17) is 19.0 Å². The Bertz CT molecular complexity index is 603. The van der Waals surface area contributed by atoms with Crippen molar-refractivity contribution in [1.82, 2.24) is 0 Å². The van der Waals surface area contributed by atoms with Crippen LogP contribution in [0.5, 0.6) is 0 Å². The highest BCUT2D eigenvalue weighted by atomic mass is 16.7. The normalized spacial score (nSPS) is 23.5. The molecule has 0 saturated carbocycles. The first kappa shape index (κ1) is 20.4. The molecule has 1 fully saturated rings. The van der Waals surface area contributed by atoms with E-state index in [0.717, 1.165) is 30.5 Å². The molecule has 2 rings (SSSR count). The smallest absolute Gasteiger partial charge is 0.366 e. The van der Waals surface area contributed by atoms with E-state index in [0.29, 0.717) is 19.8 Å². The molecule has 0 amide bonds. The zero-order chi connectivity index (χ0) is 19.0. The number of nitrogens with zero attached hydrogens (tertiary/aromatic N) is 1. The zero-order valence-electron chi connectivity index (χ0n) is 16.1. The van der Waals surface area contributed by atoms with Gasteiger partial charge in [0.05, 0.1) is 26.0 Å². The highest BCUT2D eigenvalue weighted by Crippen LogP contribution is 2.25. The molecular weight excluding hydrogens is 334 g/mol. The highest BCUT2D eigenvalue weighted by molar-refractivity contribution is 5.98. The van der Waals surface area contributed by atoms with Crippen LogP contribution in [0.4, 0.5) is 0 Å². The summed E-state index contributed by atoms with van der Waals surface area (Å²) in [6.07, 6.45) is 2.86. The van der Waals surface area contributed by atoms with Gasteiger partial charge in [-0.25, -0.2) is 4.79 Å². The van der Waals surface area contributed by atoms with E-state index in [1.54, 1.807) is 6.92 Å². The molecular formula is C20H29NO5. The van der Waals surface area contributed by atoms with Crippen molar-refractivity contribution in [2.75, 3.05) is 26.9 Å². The number of hydrogen-bond donors (Lipinski definition) is 0. The van der Waals surface area contributed by atoms with Crippen LogP contribution in [0.25, 0.3) is 0 Å². The van der Waals surface area contributed by atoms with Crippen LogP contribution in [0.3, 0.4) is 0 Å². The van der Waals surface area contributed by atoms with Crippen molar-refractivity contribution in [3.05, 3.63) is 35.4 Å². The van der Waals surface area contributed by atoms with Gasteiger partial charge in [0.15, 0.2) is 0 Å². The van der Waals surface area contributed by atoms with Crippen molar-refractivity contribution in [3.63, 3.8) is 0 Å². The Morgan fingerprint density at radius 1 is 1.23 bits per heavy atom. The molecule has 1 aromatic rings. The maximum atomic E-state index is 11.6. The Morgan fingerprint density at radius 3 is 2.50 bits per heavy atom. The Balaban J connectivity index is 1.60. The molecule has 0 spiro atoms. The number of unbranched alkanes of at least 4 members (excludes halogenated alkanes) is 1. The molecule has 1 aromatic carbocycles. The first-order valence-corrected chi connectivity index (χ1v) is 9.04. The van der Waals surface area contributed by atoms with Gasteiger partial charge < -0.3 is 19.0 Å². The number of benzene rings is 1. The third kappa shape index (κ3) is 5.81. The van der Waals surface area contributed by atoms with Gasteiger partial charge in [-0.2, -0.15) is 0 Å². The summed E-state index contributed by atoms with van der Waals surface area (Å²) >= 11 is 0. The van der Waals surface area contributed by atoms with Crippen LogP contribution in [0, 0.1) is 12.8 Å². The molecule has 6 nitrogen and oxygen atoms in total. The average molecular weight is 363 g/mol. The van der Waals surface area contributed by atoms with Crippen molar-refractivity contribution in [1.29, 1.82) is 0 Å². The summed E-state index contributed by atoms with van der Waals surface area (Å²) in [7, 11) is 1.33. The quantitative estimate of drug-likeness (QED) is 0.306. The van der Waals surface area contributed by atoms with Crippen LogP contribution in [-0.4, -0.2) is 44.4 Å². The molecule has 1 aliphatic heterocycles. The van der Waals surface area contributed by atoms with E-state index in [9.17, 15) is 4.79 Å². The summed E-state index contributed by atoms with van der Waals surface area (Å²) in [6, 6.07) is 8.22. The Kier molecular flexibility index (Phi) is 7.60. The van der Waals surface area contributed by atoms with E-state index >= 15 is 0 Å². The Morgan fingerprint density at radius 2 is 1.88 bits per heavy atom. The summed E-state index contributed by atoms with van der Waals surface area (Å²) in [6.45, 7) is 7.17. The fourth-order valence-corrected chi connectivity index (χ4v) is 2.70. The lowest BCUT2D eigenvalue weighted by atomic mass is 10.0. The molecule has 0 bridgehead atoms. The number of carbonyl (C=O) groups is 1. The third-order valence-electron chi connectivity index (χ3n) is 4.51. The molecule has 26 heavy (non-hydrogen) atoms. The Labute approximate surface area is 155 Å². The highest BCUT2D eigenvalue weighted by Gasteiger charge is 2.41. The van der Waals surface area contributed by atoms with Gasteiger partial charge in [0.25, 0.3) is 5.79 Å². The number of methoxy groups -OCH3 is 1. The first-order valence-electron chi connectivity index (χ1n) is 9.04. The van der Waals surface area contributed by atoms with Gasteiger partial charge >= 0.3 is 5.97 Å². The maximum absolute atomic E-state index is 11.6. The lowest BCUT2D eigenvalue weighted by molar-refractivity contribution is -0.272. The van der Waals surface area contributed by atoms with Crippen LogP contribution in [0.15, 0.2) is 29.4 Å². The average Bonchev–Trinajstić information content (AvgIpc) is 2.65. The molecule has 0 aromatic heterocycles. The zero-order valence-corrected chi connectivity index (χ0v) is 16.1. The van der Waals surface area contributed by atoms with Crippen LogP contribution in [0.2, 0.25) is 0 Å². The van der Waals surface area contributed by atoms with Crippen molar-refractivity contribution in [2.45, 2.75) is 45.8 Å². The maximum Gasteiger partial charge on any atom is 0.366 e. The number of carbonyl (C=O) groups excluding carboxylic acids is 1. The third-order valence-corrected chi connectivity index (χ3v) is 4.51. The second-order valence-electron chi connectivity index (χ2n) is 6.80. The molecule has 0 aliphatic carbocycles. The van der Waals surface area contributed by atoms with Gasteiger partial charge in [-0.1, -0.05) is 35.0 Å². The predicted octanol–water partition coefficient (Wildman–Crippen LogP) is 3.46. The van der Waals surface area contributed by atoms with Crippen LogP contribution < -0.4 is 0 Å². The Hall–Kier alpha value is -1.92. The van der Waals surface area contributed by atoms with Crippen molar-refractivity contribution < 1.29 is 23.8 Å². The molecule has 0 unspecified atom stereocenters. The number of ether oxygens (including phenoxy) is 3. The minimum absolute atomic E-state index is 0.283. The molecule has 144 valence electrons.